The molecule has 2 N–H and O–H groups in total. The molecule has 0 saturated carbocycles. The maximum absolute atomic E-state index is 12.1. The van der Waals surface area contributed by atoms with E-state index < -0.39 is 10.0 Å². The van der Waals surface area contributed by atoms with Crippen molar-refractivity contribution in [1.82, 2.24) is 4.72 Å². The molecule has 5 heteroatoms. The van der Waals surface area contributed by atoms with Crippen LogP contribution in [0.3, 0.4) is 0 Å². The average molecular weight is 269 g/mol. The van der Waals surface area contributed by atoms with Gasteiger partial charge in [-0.15, -0.1) is 0 Å². The summed E-state index contributed by atoms with van der Waals surface area (Å²) in [6.07, 6.45) is 3.84. The fourth-order valence-electron chi connectivity index (χ4n) is 1.55. The molecular weight excluding hydrogens is 250 g/mol. The van der Waals surface area contributed by atoms with Gasteiger partial charge < -0.3 is 5.11 Å². The first kappa shape index (κ1) is 14.9. The lowest BCUT2D eigenvalue weighted by Crippen LogP contribution is -2.34. The summed E-state index contributed by atoms with van der Waals surface area (Å²) in [5.41, 5.74) is 1.01. The highest BCUT2D eigenvalue weighted by Gasteiger charge is 2.17. The van der Waals surface area contributed by atoms with Gasteiger partial charge in [-0.3, -0.25) is 0 Å². The first-order valence-corrected chi connectivity index (χ1v) is 7.30. The Labute approximate surface area is 108 Å². The lowest BCUT2D eigenvalue weighted by Gasteiger charge is -2.14. The fourth-order valence-corrected chi connectivity index (χ4v) is 2.78. The smallest absolute Gasteiger partial charge is 0.241 e. The molecule has 0 heterocycles. The van der Waals surface area contributed by atoms with Crippen LogP contribution in [-0.4, -0.2) is 26.2 Å². The van der Waals surface area contributed by atoms with Gasteiger partial charge in [0.15, 0.2) is 0 Å². The Kier molecular flexibility index (Phi) is 5.53. The molecule has 18 heavy (non-hydrogen) atoms. The minimum Gasteiger partial charge on any atom is -0.396 e. The number of aliphatic hydroxyl groups excluding tert-OH is 1. The molecule has 4 nitrogen and oxygen atoms in total. The monoisotopic (exact) mass is 269 g/mol. The second kappa shape index (κ2) is 6.68. The number of hydrogen-bond donors (Lipinski definition) is 2. The molecule has 0 spiro atoms. The van der Waals surface area contributed by atoms with E-state index in [1.54, 1.807) is 36.4 Å². The zero-order valence-electron chi connectivity index (χ0n) is 10.6. The maximum atomic E-state index is 12.1. The number of aliphatic hydroxyl groups is 1. The standard InChI is InChI=1S/C13H19NO3S/c1-3-4-12(9-10-15)14-18(16,17)13-7-5-11(2)6-8-13/h3-8,12,14-15H,9-10H2,1-2H3/b4-3+/t12-/m1/s1. The van der Waals surface area contributed by atoms with Crippen LogP contribution >= 0.6 is 0 Å². The second-order valence-corrected chi connectivity index (χ2v) is 5.79. The highest BCUT2D eigenvalue weighted by Crippen LogP contribution is 2.11. The van der Waals surface area contributed by atoms with Crippen LogP contribution in [0.5, 0.6) is 0 Å². The Hall–Kier alpha value is -1.17. The maximum Gasteiger partial charge on any atom is 0.241 e. The minimum atomic E-state index is -3.53. The lowest BCUT2D eigenvalue weighted by molar-refractivity contribution is 0.280. The number of benzene rings is 1. The van der Waals surface area contributed by atoms with Crippen LogP contribution in [0.25, 0.3) is 0 Å². The Morgan fingerprint density at radius 3 is 2.44 bits per heavy atom. The molecule has 1 atom stereocenters. The van der Waals surface area contributed by atoms with Crippen LogP contribution in [0, 0.1) is 6.92 Å². The molecule has 0 aliphatic heterocycles. The van der Waals surface area contributed by atoms with Crippen molar-refractivity contribution in [1.29, 1.82) is 0 Å². The van der Waals surface area contributed by atoms with Crippen LogP contribution in [0.4, 0.5) is 0 Å². The van der Waals surface area contributed by atoms with Gasteiger partial charge in [-0.05, 0) is 32.4 Å². The van der Waals surface area contributed by atoms with Crippen LogP contribution in [-0.2, 0) is 10.0 Å². The third kappa shape index (κ3) is 4.25. The molecule has 100 valence electrons. The summed E-state index contributed by atoms with van der Waals surface area (Å²) in [7, 11) is -3.53. The van der Waals surface area contributed by atoms with Crippen LogP contribution in [0.2, 0.25) is 0 Å². The number of hydrogen-bond acceptors (Lipinski definition) is 3. The first-order valence-electron chi connectivity index (χ1n) is 5.82. The SMILES string of the molecule is C/C=C/[C@H](CCO)NS(=O)(=O)c1ccc(C)cc1. The molecule has 0 bridgehead atoms. The molecule has 1 aromatic carbocycles. The van der Waals surface area contributed by atoms with Gasteiger partial charge in [-0.2, -0.15) is 0 Å². The van der Waals surface area contributed by atoms with Crippen molar-refractivity contribution in [3.63, 3.8) is 0 Å². The summed E-state index contributed by atoms with van der Waals surface area (Å²) in [5, 5.41) is 8.90. The molecule has 0 amide bonds. The molecule has 1 aromatic rings. The van der Waals surface area contributed by atoms with E-state index in [9.17, 15) is 8.42 Å². The molecule has 0 aliphatic carbocycles. The summed E-state index contributed by atoms with van der Waals surface area (Å²) in [6, 6.07) is 6.27. The predicted octanol–water partition coefficient (Wildman–Crippen LogP) is 1.60. The van der Waals surface area contributed by atoms with Crippen molar-refractivity contribution < 1.29 is 13.5 Å². The van der Waals surface area contributed by atoms with Gasteiger partial charge in [-0.25, -0.2) is 13.1 Å². The number of allylic oxidation sites excluding steroid dienone is 1. The first-order chi connectivity index (χ1) is 8.49. The number of rotatable bonds is 6. The minimum absolute atomic E-state index is 0.0641. The van der Waals surface area contributed by atoms with Crippen molar-refractivity contribution in [2.45, 2.75) is 31.2 Å². The van der Waals surface area contributed by atoms with Crippen molar-refractivity contribution >= 4 is 10.0 Å². The fraction of sp³-hybridized carbons (Fsp3) is 0.385. The summed E-state index contributed by atoms with van der Waals surface area (Å²) >= 11 is 0. The second-order valence-electron chi connectivity index (χ2n) is 4.08. The molecule has 0 aromatic heterocycles. The van der Waals surface area contributed by atoms with E-state index in [2.05, 4.69) is 4.72 Å². The van der Waals surface area contributed by atoms with Gasteiger partial charge >= 0.3 is 0 Å². The van der Waals surface area contributed by atoms with E-state index >= 15 is 0 Å². The van der Waals surface area contributed by atoms with E-state index in [1.165, 1.54) is 0 Å². The van der Waals surface area contributed by atoms with Crippen LogP contribution in [0.1, 0.15) is 18.9 Å². The third-order valence-electron chi connectivity index (χ3n) is 2.50. The number of nitrogens with one attached hydrogen (secondary N) is 1. The Balaban J connectivity index is 2.89. The molecule has 0 saturated heterocycles. The summed E-state index contributed by atoms with van der Waals surface area (Å²) in [4.78, 5) is 0.237. The quantitative estimate of drug-likeness (QED) is 0.771. The van der Waals surface area contributed by atoms with Crippen LogP contribution < -0.4 is 4.72 Å². The van der Waals surface area contributed by atoms with Gasteiger partial charge in [0, 0.05) is 12.6 Å². The Bertz CT molecular complexity index is 491. The van der Waals surface area contributed by atoms with E-state index in [1.807, 2.05) is 13.8 Å². The average Bonchev–Trinajstić information content (AvgIpc) is 2.29. The van der Waals surface area contributed by atoms with E-state index in [-0.39, 0.29) is 17.5 Å². The lowest BCUT2D eigenvalue weighted by atomic mass is 10.2. The Morgan fingerprint density at radius 2 is 1.94 bits per heavy atom. The van der Waals surface area contributed by atoms with Gasteiger partial charge in [0.2, 0.25) is 10.0 Å². The molecule has 0 radical (unpaired) electrons. The third-order valence-corrected chi connectivity index (χ3v) is 4.01. The molecule has 0 fully saturated rings. The van der Waals surface area contributed by atoms with Crippen LogP contribution in [0.15, 0.2) is 41.3 Å². The molecule has 1 rings (SSSR count). The number of aryl methyl sites for hydroxylation is 1. The van der Waals surface area contributed by atoms with Crippen molar-refractivity contribution in [2.24, 2.45) is 0 Å². The van der Waals surface area contributed by atoms with Crippen molar-refractivity contribution in [3.8, 4) is 0 Å². The highest BCUT2D eigenvalue weighted by atomic mass is 32.2. The molecule has 0 unspecified atom stereocenters. The largest absolute Gasteiger partial charge is 0.396 e. The summed E-state index contributed by atoms with van der Waals surface area (Å²) in [5.74, 6) is 0. The zero-order chi connectivity index (χ0) is 13.6. The number of sulfonamides is 1. The highest BCUT2D eigenvalue weighted by molar-refractivity contribution is 7.89. The topological polar surface area (TPSA) is 66.4 Å². The molecule has 0 aliphatic rings. The van der Waals surface area contributed by atoms with E-state index in [0.29, 0.717) is 6.42 Å². The van der Waals surface area contributed by atoms with E-state index in [4.69, 9.17) is 5.11 Å². The van der Waals surface area contributed by atoms with Gasteiger partial charge in [-0.1, -0.05) is 29.8 Å². The summed E-state index contributed by atoms with van der Waals surface area (Å²) < 4.78 is 26.7. The molecular formula is C13H19NO3S. The van der Waals surface area contributed by atoms with E-state index in [0.717, 1.165) is 5.56 Å². The Morgan fingerprint density at radius 1 is 1.33 bits per heavy atom. The zero-order valence-corrected chi connectivity index (χ0v) is 11.4. The van der Waals surface area contributed by atoms with Crippen molar-refractivity contribution in [3.05, 3.63) is 42.0 Å². The normalized spacial score (nSPS) is 13.9. The summed E-state index contributed by atoms with van der Waals surface area (Å²) in [6.45, 7) is 3.65. The van der Waals surface area contributed by atoms with Gasteiger partial charge in [0.05, 0.1) is 4.90 Å². The van der Waals surface area contributed by atoms with Crippen molar-refractivity contribution in [2.75, 3.05) is 6.61 Å². The predicted molar refractivity (Wildman–Crippen MR) is 71.8 cm³/mol. The van der Waals surface area contributed by atoms with Gasteiger partial charge in [0.1, 0.15) is 0 Å². The van der Waals surface area contributed by atoms with Gasteiger partial charge in [0.25, 0.3) is 0 Å².